The number of anilines is 1. The molecule has 0 unspecified atom stereocenters. The number of nitrogens with one attached hydrogen (secondary N) is 1. The monoisotopic (exact) mass is 250 g/mol. The summed E-state index contributed by atoms with van der Waals surface area (Å²) in [6, 6.07) is 0.664. The van der Waals surface area contributed by atoms with Crippen LogP contribution in [0.2, 0.25) is 0 Å². The molecule has 1 aliphatic carbocycles. The summed E-state index contributed by atoms with van der Waals surface area (Å²) in [7, 11) is 2.15. The van der Waals surface area contributed by atoms with Crippen LogP contribution in [0.4, 0.5) is 5.95 Å². The number of rotatable bonds is 6. The van der Waals surface area contributed by atoms with Gasteiger partial charge in [0.15, 0.2) is 0 Å². The second-order valence-corrected chi connectivity index (χ2v) is 5.37. The molecule has 0 radical (unpaired) electrons. The molecule has 1 heterocycles. The van der Waals surface area contributed by atoms with Gasteiger partial charge in [-0.25, -0.2) is 4.98 Å². The number of likely N-dealkylation sites (N-methyl/N-ethyl adjacent to an activating group) is 1. The van der Waals surface area contributed by atoms with Gasteiger partial charge in [0.05, 0.1) is 5.69 Å². The van der Waals surface area contributed by atoms with Crippen LogP contribution in [0.1, 0.15) is 44.3 Å². The maximum atomic E-state index is 4.61. The van der Waals surface area contributed by atoms with Crippen LogP contribution in [0, 0.1) is 6.92 Å². The van der Waals surface area contributed by atoms with Gasteiger partial charge in [-0.15, -0.1) is 0 Å². The van der Waals surface area contributed by atoms with Gasteiger partial charge >= 0.3 is 0 Å². The Hall–Kier alpha value is -1.03. The van der Waals surface area contributed by atoms with Crippen LogP contribution in [0.25, 0.3) is 0 Å². The lowest BCUT2D eigenvalue weighted by Crippen LogP contribution is -2.25. The summed E-state index contributed by atoms with van der Waals surface area (Å²) in [4.78, 5) is 6.92. The number of aryl methyl sites for hydroxylation is 1. The molecule has 1 aromatic rings. The maximum Gasteiger partial charge on any atom is 0.203 e. The van der Waals surface area contributed by atoms with E-state index < -0.39 is 0 Å². The van der Waals surface area contributed by atoms with Crippen molar-refractivity contribution in [2.24, 2.45) is 0 Å². The number of hydrogen-bond donors (Lipinski definition) is 1. The van der Waals surface area contributed by atoms with Crippen LogP contribution in [0.5, 0.6) is 0 Å². The first-order valence-electron chi connectivity index (χ1n) is 7.18. The Bertz CT molecular complexity index is 366. The number of hydrogen-bond acceptors (Lipinski definition) is 3. The summed E-state index contributed by atoms with van der Waals surface area (Å²) < 4.78 is 2.36. The van der Waals surface area contributed by atoms with Crippen LogP contribution in [-0.2, 0) is 0 Å². The Morgan fingerprint density at radius 1 is 1.44 bits per heavy atom. The third-order valence-corrected chi connectivity index (χ3v) is 3.89. The zero-order chi connectivity index (χ0) is 13.0. The lowest BCUT2D eigenvalue weighted by molar-refractivity contribution is 0.366. The Balaban J connectivity index is 1.94. The second-order valence-electron chi connectivity index (χ2n) is 5.37. The van der Waals surface area contributed by atoms with Gasteiger partial charge in [0.1, 0.15) is 0 Å². The first-order chi connectivity index (χ1) is 8.70. The van der Waals surface area contributed by atoms with Crippen molar-refractivity contribution in [3.05, 3.63) is 11.9 Å². The summed E-state index contributed by atoms with van der Waals surface area (Å²) >= 11 is 0. The zero-order valence-electron chi connectivity index (χ0n) is 11.9. The fourth-order valence-electron chi connectivity index (χ4n) is 2.62. The van der Waals surface area contributed by atoms with Gasteiger partial charge in [-0.3, -0.25) is 0 Å². The molecule has 4 heteroatoms. The molecule has 0 aliphatic heterocycles. The quantitative estimate of drug-likeness (QED) is 0.842. The van der Waals surface area contributed by atoms with E-state index in [-0.39, 0.29) is 0 Å². The normalized spacial score (nSPS) is 16.7. The van der Waals surface area contributed by atoms with Crippen molar-refractivity contribution in [2.75, 3.05) is 32.0 Å². The van der Waals surface area contributed by atoms with E-state index in [1.165, 1.54) is 25.7 Å². The molecule has 18 heavy (non-hydrogen) atoms. The minimum absolute atomic E-state index is 0.664. The van der Waals surface area contributed by atoms with Crippen molar-refractivity contribution >= 4 is 5.95 Å². The summed E-state index contributed by atoms with van der Waals surface area (Å²) in [5.74, 6) is 1.06. The molecule has 0 atom stereocenters. The molecule has 0 amide bonds. The number of nitrogens with zero attached hydrogens (tertiary/aromatic N) is 3. The number of aromatic nitrogens is 2. The second kappa shape index (κ2) is 6.23. The molecule has 0 spiro atoms. The molecule has 4 nitrogen and oxygen atoms in total. The van der Waals surface area contributed by atoms with Gasteiger partial charge in [0, 0.05) is 25.3 Å². The third-order valence-electron chi connectivity index (χ3n) is 3.89. The van der Waals surface area contributed by atoms with Crippen LogP contribution >= 0.6 is 0 Å². The Labute approximate surface area is 110 Å². The van der Waals surface area contributed by atoms with Crippen LogP contribution < -0.4 is 5.32 Å². The first kappa shape index (κ1) is 13.4. The van der Waals surface area contributed by atoms with Crippen molar-refractivity contribution in [3.63, 3.8) is 0 Å². The van der Waals surface area contributed by atoms with Crippen molar-refractivity contribution in [1.82, 2.24) is 14.5 Å². The average Bonchev–Trinajstić information content (AvgIpc) is 2.98. The highest BCUT2D eigenvalue weighted by Crippen LogP contribution is 2.31. The zero-order valence-corrected chi connectivity index (χ0v) is 11.9. The molecule has 2 rings (SSSR count). The fraction of sp³-hybridized carbons (Fsp3) is 0.786. The van der Waals surface area contributed by atoms with E-state index in [0.29, 0.717) is 6.04 Å². The van der Waals surface area contributed by atoms with Crippen LogP contribution in [0.15, 0.2) is 6.20 Å². The topological polar surface area (TPSA) is 33.1 Å². The Morgan fingerprint density at radius 2 is 2.17 bits per heavy atom. The van der Waals surface area contributed by atoms with E-state index >= 15 is 0 Å². The van der Waals surface area contributed by atoms with E-state index in [9.17, 15) is 0 Å². The van der Waals surface area contributed by atoms with Gasteiger partial charge < -0.3 is 14.8 Å². The largest absolute Gasteiger partial charge is 0.354 e. The van der Waals surface area contributed by atoms with Crippen molar-refractivity contribution < 1.29 is 0 Å². The molecule has 1 aromatic heterocycles. The molecule has 0 bridgehead atoms. The molecule has 1 saturated carbocycles. The fourth-order valence-corrected chi connectivity index (χ4v) is 2.62. The van der Waals surface area contributed by atoms with Gasteiger partial charge in [0.25, 0.3) is 0 Å². The van der Waals surface area contributed by atoms with Gasteiger partial charge in [0.2, 0.25) is 5.95 Å². The van der Waals surface area contributed by atoms with Gasteiger partial charge in [-0.2, -0.15) is 0 Å². The predicted octanol–water partition coefficient (Wildman–Crippen LogP) is 2.67. The lowest BCUT2D eigenvalue weighted by Gasteiger charge is -2.17. The average molecular weight is 250 g/mol. The molecule has 0 saturated heterocycles. The summed E-state index contributed by atoms with van der Waals surface area (Å²) in [6.07, 6.45) is 7.53. The minimum atomic E-state index is 0.664. The standard InChI is InChI=1S/C14H26N4/c1-4-17(3)10-9-15-14-16-12(2)11-18(14)13-7-5-6-8-13/h11,13H,4-10H2,1-3H3,(H,15,16). The smallest absolute Gasteiger partial charge is 0.203 e. The molecule has 0 aromatic carbocycles. The van der Waals surface area contributed by atoms with Gasteiger partial charge in [-0.05, 0) is 33.4 Å². The Kier molecular flexibility index (Phi) is 4.64. The third kappa shape index (κ3) is 3.25. The van der Waals surface area contributed by atoms with E-state index in [1.807, 2.05) is 0 Å². The minimum Gasteiger partial charge on any atom is -0.354 e. The van der Waals surface area contributed by atoms with E-state index in [4.69, 9.17) is 0 Å². The summed E-state index contributed by atoms with van der Waals surface area (Å²) in [6.45, 7) is 7.39. The molecule has 102 valence electrons. The SMILES string of the molecule is CCN(C)CCNc1nc(C)cn1C1CCCC1. The van der Waals surface area contributed by atoms with Crippen molar-refractivity contribution in [1.29, 1.82) is 0 Å². The van der Waals surface area contributed by atoms with E-state index in [1.54, 1.807) is 0 Å². The van der Waals surface area contributed by atoms with Gasteiger partial charge in [-0.1, -0.05) is 19.8 Å². The first-order valence-corrected chi connectivity index (χ1v) is 7.18. The Morgan fingerprint density at radius 3 is 2.83 bits per heavy atom. The van der Waals surface area contributed by atoms with Crippen LogP contribution in [-0.4, -0.2) is 41.1 Å². The highest BCUT2D eigenvalue weighted by Gasteiger charge is 2.19. The van der Waals surface area contributed by atoms with E-state index in [2.05, 4.69) is 46.9 Å². The summed E-state index contributed by atoms with van der Waals surface area (Å²) in [5, 5.41) is 3.49. The molecule has 1 N–H and O–H groups in total. The molecule has 1 fully saturated rings. The molecule has 1 aliphatic rings. The molecular formula is C14H26N4. The highest BCUT2D eigenvalue weighted by molar-refractivity contribution is 5.29. The van der Waals surface area contributed by atoms with Crippen molar-refractivity contribution in [2.45, 2.75) is 45.6 Å². The number of imidazole rings is 1. The summed E-state index contributed by atoms with van der Waals surface area (Å²) in [5.41, 5.74) is 1.12. The highest BCUT2D eigenvalue weighted by atomic mass is 15.2. The lowest BCUT2D eigenvalue weighted by atomic mass is 10.2. The van der Waals surface area contributed by atoms with E-state index in [0.717, 1.165) is 31.3 Å². The predicted molar refractivity (Wildman–Crippen MR) is 76.1 cm³/mol. The van der Waals surface area contributed by atoms with Crippen LogP contribution in [0.3, 0.4) is 0 Å². The van der Waals surface area contributed by atoms with Crippen molar-refractivity contribution in [3.8, 4) is 0 Å². The maximum absolute atomic E-state index is 4.61. The molecular weight excluding hydrogens is 224 g/mol.